The van der Waals surface area contributed by atoms with Crippen molar-refractivity contribution in [1.82, 2.24) is 24.4 Å². The van der Waals surface area contributed by atoms with Gasteiger partial charge in [0, 0.05) is 55.6 Å². The van der Waals surface area contributed by atoms with Crippen molar-refractivity contribution in [2.24, 2.45) is 7.05 Å². The number of nitrogens with zero attached hydrogens (tertiary/aromatic N) is 5. The third-order valence-electron chi connectivity index (χ3n) is 6.08. The summed E-state index contributed by atoms with van der Waals surface area (Å²) in [5.41, 5.74) is 4.97. The molecule has 0 unspecified atom stereocenters. The average Bonchev–Trinajstić information content (AvgIpc) is 2.89. The number of rotatable bonds is 3. The van der Waals surface area contributed by atoms with Gasteiger partial charge in [0.2, 0.25) is 0 Å². The second kappa shape index (κ2) is 6.87. The first-order valence-corrected chi connectivity index (χ1v) is 9.67. The van der Waals surface area contributed by atoms with Crippen molar-refractivity contribution < 1.29 is 0 Å². The molecule has 1 aliphatic heterocycles. The fraction of sp³-hybridized carbons (Fsp3) is 0.650. The highest BCUT2D eigenvalue weighted by Crippen LogP contribution is 2.31. The highest BCUT2D eigenvalue weighted by Gasteiger charge is 2.23. The zero-order chi connectivity index (χ0) is 17.4. The summed E-state index contributed by atoms with van der Waals surface area (Å²) in [5.74, 6) is 2.84. The Bertz CT molecular complexity index is 758. The Labute approximate surface area is 150 Å². The normalized spacial score (nSPS) is 19.2. The molecule has 0 saturated heterocycles. The van der Waals surface area contributed by atoms with Gasteiger partial charge in [-0.15, -0.1) is 0 Å². The van der Waals surface area contributed by atoms with Crippen LogP contribution in [0.1, 0.15) is 72.3 Å². The molecule has 2 aliphatic rings. The molecule has 0 aromatic carbocycles. The van der Waals surface area contributed by atoms with Crippen molar-refractivity contribution in [2.45, 2.75) is 71.4 Å². The molecule has 0 radical (unpaired) electrons. The summed E-state index contributed by atoms with van der Waals surface area (Å²) in [5, 5.41) is 0. The lowest BCUT2D eigenvalue weighted by Gasteiger charge is -2.28. The van der Waals surface area contributed by atoms with Crippen LogP contribution in [0.25, 0.3) is 0 Å². The minimum atomic E-state index is 0.593. The Kier molecular flexibility index (Phi) is 4.59. The van der Waals surface area contributed by atoms with Gasteiger partial charge in [-0.3, -0.25) is 4.90 Å². The van der Waals surface area contributed by atoms with Gasteiger partial charge in [0.05, 0.1) is 12.2 Å². The van der Waals surface area contributed by atoms with E-state index in [2.05, 4.69) is 36.6 Å². The lowest BCUT2D eigenvalue weighted by Crippen LogP contribution is -2.32. The maximum absolute atomic E-state index is 4.96. The van der Waals surface area contributed by atoms with Crippen molar-refractivity contribution in [2.75, 3.05) is 6.54 Å². The highest BCUT2D eigenvalue weighted by molar-refractivity contribution is 5.22. The van der Waals surface area contributed by atoms with Gasteiger partial charge in [-0.1, -0.05) is 19.3 Å². The zero-order valence-corrected chi connectivity index (χ0v) is 15.8. The maximum Gasteiger partial charge on any atom is 0.131 e. The summed E-state index contributed by atoms with van der Waals surface area (Å²) in [4.78, 5) is 16.9. The van der Waals surface area contributed by atoms with E-state index < -0.39 is 0 Å². The van der Waals surface area contributed by atoms with E-state index in [-0.39, 0.29) is 0 Å². The molecule has 0 N–H and O–H groups in total. The van der Waals surface area contributed by atoms with Crippen molar-refractivity contribution in [3.05, 3.63) is 40.5 Å². The average molecular weight is 339 g/mol. The molecule has 134 valence electrons. The molecule has 3 heterocycles. The molecule has 2 aromatic heterocycles. The predicted octanol–water partition coefficient (Wildman–Crippen LogP) is 3.43. The van der Waals surface area contributed by atoms with Crippen molar-refractivity contribution in [3.8, 4) is 0 Å². The SMILES string of the molecule is Cc1nc(CN2CCc3nc(C4CCCCC4)ncc3C2)n(C)c1C. The largest absolute Gasteiger partial charge is 0.334 e. The monoisotopic (exact) mass is 339 g/mol. The van der Waals surface area contributed by atoms with Crippen molar-refractivity contribution in [1.29, 1.82) is 0 Å². The van der Waals surface area contributed by atoms with Gasteiger partial charge in [-0.05, 0) is 26.7 Å². The standard InChI is InChI=1S/C20H29N5/c1-14-15(2)24(3)19(22-14)13-25-10-9-18-17(12-25)11-21-20(23-18)16-7-5-4-6-8-16/h11,16H,4-10,12-13H2,1-3H3. The van der Waals surface area contributed by atoms with E-state index >= 15 is 0 Å². The molecule has 0 spiro atoms. The van der Waals surface area contributed by atoms with E-state index in [1.54, 1.807) is 0 Å². The van der Waals surface area contributed by atoms with Crippen LogP contribution in [0.3, 0.4) is 0 Å². The van der Waals surface area contributed by atoms with Crippen LogP contribution in [0.15, 0.2) is 6.20 Å². The third kappa shape index (κ3) is 3.34. The highest BCUT2D eigenvalue weighted by atomic mass is 15.2. The topological polar surface area (TPSA) is 46.8 Å². The van der Waals surface area contributed by atoms with Crippen LogP contribution in [-0.2, 0) is 26.6 Å². The summed E-state index contributed by atoms with van der Waals surface area (Å²) in [6.45, 7) is 7.11. The van der Waals surface area contributed by atoms with E-state index in [4.69, 9.17) is 15.0 Å². The van der Waals surface area contributed by atoms with Crippen LogP contribution in [0.5, 0.6) is 0 Å². The lowest BCUT2D eigenvalue weighted by atomic mass is 9.88. The first-order valence-electron chi connectivity index (χ1n) is 9.67. The minimum Gasteiger partial charge on any atom is -0.334 e. The molecular weight excluding hydrogens is 310 g/mol. The van der Waals surface area contributed by atoms with Gasteiger partial charge in [0.15, 0.2) is 0 Å². The summed E-state index contributed by atoms with van der Waals surface area (Å²) < 4.78 is 2.22. The van der Waals surface area contributed by atoms with Crippen LogP contribution in [0, 0.1) is 13.8 Å². The molecular formula is C20H29N5. The van der Waals surface area contributed by atoms with Crippen molar-refractivity contribution >= 4 is 0 Å². The molecule has 0 atom stereocenters. The second-order valence-electron chi connectivity index (χ2n) is 7.75. The maximum atomic E-state index is 4.96. The second-order valence-corrected chi connectivity index (χ2v) is 7.75. The molecule has 4 rings (SSSR count). The van der Waals surface area contributed by atoms with Crippen LogP contribution >= 0.6 is 0 Å². The number of aromatic nitrogens is 4. The molecule has 25 heavy (non-hydrogen) atoms. The molecule has 5 nitrogen and oxygen atoms in total. The molecule has 2 aromatic rings. The Balaban J connectivity index is 1.47. The van der Waals surface area contributed by atoms with Gasteiger partial charge in [-0.2, -0.15) is 0 Å². The summed E-state index contributed by atoms with van der Waals surface area (Å²) in [6, 6.07) is 0. The van der Waals surface area contributed by atoms with Gasteiger partial charge in [-0.25, -0.2) is 15.0 Å². The molecule has 1 fully saturated rings. The number of fused-ring (bicyclic) bond motifs is 1. The Morgan fingerprint density at radius 3 is 2.64 bits per heavy atom. The molecule has 0 amide bonds. The Hall–Kier alpha value is -1.75. The molecule has 5 heteroatoms. The number of hydrogen-bond acceptors (Lipinski definition) is 4. The van der Waals surface area contributed by atoms with Crippen LogP contribution < -0.4 is 0 Å². The predicted molar refractivity (Wildman–Crippen MR) is 98.4 cm³/mol. The fourth-order valence-corrected chi connectivity index (χ4v) is 4.21. The zero-order valence-electron chi connectivity index (χ0n) is 15.8. The van der Waals surface area contributed by atoms with Crippen molar-refractivity contribution in [3.63, 3.8) is 0 Å². The van der Waals surface area contributed by atoms with Crippen LogP contribution in [0.2, 0.25) is 0 Å². The fourth-order valence-electron chi connectivity index (χ4n) is 4.21. The summed E-state index contributed by atoms with van der Waals surface area (Å²) >= 11 is 0. The molecule has 1 saturated carbocycles. The van der Waals surface area contributed by atoms with Crippen LogP contribution in [-0.4, -0.2) is 31.0 Å². The van der Waals surface area contributed by atoms with E-state index in [0.717, 1.165) is 43.4 Å². The van der Waals surface area contributed by atoms with E-state index in [0.29, 0.717) is 5.92 Å². The van der Waals surface area contributed by atoms with Gasteiger partial charge < -0.3 is 4.57 Å². The lowest BCUT2D eigenvalue weighted by molar-refractivity contribution is 0.234. The first kappa shape index (κ1) is 16.7. The summed E-state index contributed by atoms with van der Waals surface area (Å²) in [7, 11) is 2.11. The Morgan fingerprint density at radius 2 is 1.92 bits per heavy atom. The number of aryl methyl sites for hydroxylation is 1. The number of imidazole rings is 1. The quantitative estimate of drug-likeness (QED) is 0.859. The van der Waals surface area contributed by atoms with Crippen LogP contribution in [0.4, 0.5) is 0 Å². The molecule has 1 aliphatic carbocycles. The minimum absolute atomic E-state index is 0.593. The van der Waals surface area contributed by atoms with E-state index in [1.165, 1.54) is 49.1 Å². The third-order valence-corrected chi connectivity index (χ3v) is 6.08. The smallest absolute Gasteiger partial charge is 0.131 e. The van der Waals surface area contributed by atoms with E-state index in [1.807, 2.05) is 0 Å². The first-order chi connectivity index (χ1) is 12.1. The molecule has 0 bridgehead atoms. The summed E-state index contributed by atoms with van der Waals surface area (Å²) in [6.07, 6.45) is 9.70. The Morgan fingerprint density at radius 1 is 1.12 bits per heavy atom. The van der Waals surface area contributed by atoms with Gasteiger partial charge in [0.1, 0.15) is 11.6 Å². The van der Waals surface area contributed by atoms with Gasteiger partial charge >= 0.3 is 0 Å². The van der Waals surface area contributed by atoms with Gasteiger partial charge in [0.25, 0.3) is 0 Å². The number of hydrogen-bond donors (Lipinski definition) is 0. The van der Waals surface area contributed by atoms with E-state index in [9.17, 15) is 0 Å².